The summed E-state index contributed by atoms with van der Waals surface area (Å²) in [5.41, 5.74) is 0. The number of hydrogen-bond donors (Lipinski definition) is 0. The van der Waals surface area contributed by atoms with Crippen molar-refractivity contribution in [3.8, 4) is 0 Å². The van der Waals surface area contributed by atoms with E-state index in [1.807, 2.05) is 0 Å². The molecule has 0 aliphatic heterocycles. The van der Waals surface area contributed by atoms with Crippen molar-refractivity contribution in [2.45, 2.75) is 115 Å². The average molecular weight is 288 g/mol. The standard InChI is InChI=1S/C20H37B/c1-2-3-4-5-12-17-20(21,18-13-8-6-9-14-18)19-15-10-7-11-16-19/h18-19H,2-17H2,1H3. The lowest BCUT2D eigenvalue weighted by Crippen LogP contribution is -2.34. The fourth-order valence-corrected chi connectivity index (χ4v) is 5.06. The molecule has 0 N–H and O–H groups in total. The molecule has 0 aromatic heterocycles. The molecular formula is C20H37B. The Balaban J connectivity index is 1.91. The smallest absolute Gasteiger partial charge is 0.0654 e. The molecule has 2 saturated carbocycles. The zero-order chi connectivity index (χ0) is 15.0. The van der Waals surface area contributed by atoms with Gasteiger partial charge in [-0.2, -0.15) is 0 Å². The molecule has 21 heavy (non-hydrogen) atoms. The largest absolute Gasteiger partial charge is 0.0753 e. The van der Waals surface area contributed by atoms with Crippen LogP contribution >= 0.6 is 0 Å². The van der Waals surface area contributed by atoms with Crippen LogP contribution in [0.4, 0.5) is 0 Å². The predicted octanol–water partition coefficient (Wildman–Crippen LogP) is 6.83. The molecule has 2 aliphatic rings. The van der Waals surface area contributed by atoms with Crippen LogP contribution in [-0.2, 0) is 0 Å². The molecule has 1 heteroatoms. The first kappa shape index (κ1) is 17.4. The molecule has 0 bridgehead atoms. The lowest BCUT2D eigenvalue weighted by molar-refractivity contribution is 0.149. The molecule has 0 aromatic carbocycles. The first-order chi connectivity index (χ1) is 10.3. The normalized spacial score (nSPS) is 22.5. The number of hydrogen-bond acceptors (Lipinski definition) is 0. The van der Waals surface area contributed by atoms with Crippen LogP contribution in [0.5, 0.6) is 0 Å². The molecule has 0 atom stereocenters. The first-order valence-electron chi connectivity index (χ1n) is 10.1. The highest BCUT2D eigenvalue weighted by molar-refractivity contribution is 6.15. The summed E-state index contributed by atoms with van der Waals surface area (Å²) in [7, 11) is 7.16. The Morgan fingerprint density at radius 3 is 1.67 bits per heavy atom. The Morgan fingerprint density at radius 2 is 1.19 bits per heavy atom. The molecule has 120 valence electrons. The Hall–Kier alpha value is 0.0649. The summed E-state index contributed by atoms with van der Waals surface area (Å²) in [5, 5.41) is 0.188. The van der Waals surface area contributed by atoms with Gasteiger partial charge < -0.3 is 0 Å². The monoisotopic (exact) mass is 288 g/mol. The van der Waals surface area contributed by atoms with E-state index in [1.54, 1.807) is 0 Å². The van der Waals surface area contributed by atoms with Crippen LogP contribution < -0.4 is 0 Å². The Bertz CT molecular complexity index is 243. The molecule has 2 fully saturated rings. The molecular weight excluding hydrogens is 251 g/mol. The van der Waals surface area contributed by atoms with Gasteiger partial charge in [0.25, 0.3) is 0 Å². The molecule has 0 unspecified atom stereocenters. The van der Waals surface area contributed by atoms with E-state index in [0.29, 0.717) is 0 Å². The van der Waals surface area contributed by atoms with Crippen LogP contribution in [0.15, 0.2) is 0 Å². The van der Waals surface area contributed by atoms with Crippen LogP contribution in [0.2, 0.25) is 5.31 Å². The number of unbranched alkanes of at least 4 members (excludes halogenated alkanes) is 4. The van der Waals surface area contributed by atoms with Crippen molar-refractivity contribution in [3.05, 3.63) is 0 Å². The van der Waals surface area contributed by atoms with Gasteiger partial charge in [0, 0.05) is 0 Å². The summed E-state index contributed by atoms with van der Waals surface area (Å²) < 4.78 is 0. The van der Waals surface area contributed by atoms with Gasteiger partial charge in [-0.15, -0.1) is 0 Å². The third-order valence-electron chi connectivity index (χ3n) is 6.44. The summed E-state index contributed by atoms with van der Waals surface area (Å²) in [4.78, 5) is 0. The molecule has 0 amide bonds. The summed E-state index contributed by atoms with van der Waals surface area (Å²) in [6.07, 6.45) is 22.6. The fraction of sp³-hybridized carbons (Fsp3) is 1.00. The Labute approximate surface area is 135 Å². The van der Waals surface area contributed by atoms with Crippen molar-refractivity contribution in [2.24, 2.45) is 11.8 Å². The lowest BCUT2D eigenvalue weighted by Gasteiger charge is -2.48. The van der Waals surface area contributed by atoms with Crippen molar-refractivity contribution in [1.29, 1.82) is 0 Å². The number of rotatable bonds is 8. The third kappa shape index (κ3) is 5.03. The van der Waals surface area contributed by atoms with Crippen LogP contribution in [-0.4, -0.2) is 7.85 Å². The van der Waals surface area contributed by atoms with Crippen molar-refractivity contribution < 1.29 is 0 Å². The van der Waals surface area contributed by atoms with E-state index in [9.17, 15) is 0 Å². The summed E-state index contributed by atoms with van der Waals surface area (Å²) in [5.74, 6) is 1.67. The summed E-state index contributed by atoms with van der Waals surface area (Å²) in [6, 6.07) is 0. The maximum Gasteiger partial charge on any atom is 0.0753 e. The van der Waals surface area contributed by atoms with Crippen LogP contribution in [0.3, 0.4) is 0 Å². The maximum atomic E-state index is 7.16. The van der Waals surface area contributed by atoms with Gasteiger partial charge >= 0.3 is 0 Å². The van der Waals surface area contributed by atoms with E-state index in [2.05, 4.69) is 6.92 Å². The minimum Gasteiger partial charge on any atom is -0.0654 e. The Morgan fingerprint density at radius 1 is 0.714 bits per heavy atom. The minimum atomic E-state index is 0.188. The molecule has 2 rings (SSSR count). The second-order valence-corrected chi connectivity index (χ2v) is 7.95. The molecule has 2 radical (unpaired) electrons. The zero-order valence-corrected chi connectivity index (χ0v) is 14.5. The highest BCUT2D eigenvalue weighted by Crippen LogP contribution is 2.55. The quantitative estimate of drug-likeness (QED) is 0.339. The van der Waals surface area contributed by atoms with Gasteiger partial charge in [-0.25, -0.2) is 0 Å². The van der Waals surface area contributed by atoms with E-state index in [0.717, 1.165) is 11.8 Å². The molecule has 0 saturated heterocycles. The SMILES string of the molecule is [B]C(CCCCCCC)(C1CCCCC1)C1CCCCC1. The highest BCUT2D eigenvalue weighted by atomic mass is 14.4. The molecule has 0 nitrogen and oxygen atoms in total. The first-order valence-corrected chi connectivity index (χ1v) is 10.1. The highest BCUT2D eigenvalue weighted by Gasteiger charge is 2.40. The van der Waals surface area contributed by atoms with Gasteiger partial charge in [0.1, 0.15) is 0 Å². The topological polar surface area (TPSA) is 0 Å². The van der Waals surface area contributed by atoms with Gasteiger partial charge in [0.05, 0.1) is 7.85 Å². The van der Waals surface area contributed by atoms with Crippen molar-refractivity contribution in [3.63, 3.8) is 0 Å². The van der Waals surface area contributed by atoms with Crippen molar-refractivity contribution in [2.75, 3.05) is 0 Å². The van der Waals surface area contributed by atoms with Gasteiger partial charge in [-0.05, 0) is 11.8 Å². The fourth-order valence-electron chi connectivity index (χ4n) is 5.06. The second-order valence-electron chi connectivity index (χ2n) is 7.95. The van der Waals surface area contributed by atoms with Crippen LogP contribution in [0, 0.1) is 11.8 Å². The van der Waals surface area contributed by atoms with Gasteiger partial charge in [0.15, 0.2) is 0 Å². The van der Waals surface area contributed by atoms with E-state index >= 15 is 0 Å². The van der Waals surface area contributed by atoms with Crippen molar-refractivity contribution >= 4 is 7.85 Å². The van der Waals surface area contributed by atoms with Gasteiger partial charge in [-0.1, -0.05) is 115 Å². The minimum absolute atomic E-state index is 0.188. The van der Waals surface area contributed by atoms with Gasteiger partial charge in [0.2, 0.25) is 0 Å². The molecule has 0 heterocycles. The maximum absolute atomic E-state index is 7.16. The second kappa shape index (κ2) is 9.26. The average Bonchev–Trinajstić information content (AvgIpc) is 2.56. The lowest BCUT2D eigenvalue weighted by atomic mass is 9.47. The van der Waals surface area contributed by atoms with Gasteiger partial charge in [-0.3, -0.25) is 0 Å². The van der Waals surface area contributed by atoms with E-state index in [1.165, 1.54) is 103 Å². The van der Waals surface area contributed by atoms with Crippen LogP contribution in [0.1, 0.15) is 110 Å². The molecule has 0 aromatic rings. The molecule has 2 aliphatic carbocycles. The summed E-state index contributed by atoms with van der Waals surface area (Å²) in [6.45, 7) is 2.30. The Kier molecular flexibility index (Phi) is 7.68. The summed E-state index contributed by atoms with van der Waals surface area (Å²) >= 11 is 0. The molecule has 0 spiro atoms. The van der Waals surface area contributed by atoms with E-state index in [-0.39, 0.29) is 5.31 Å². The van der Waals surface area contributed by atoms with Crippen LogP contribution in [0.25, 0.3) is 0 Å². The van der Waals surface area contributed by atoms with Crippen molar-refractivity contribution in [1.82, 2.24) is 0 Å². The van der Waals surface area contributed by atoms with E-state index < -0.39 is 0 Å². The third-order valence-corrected chi connectivity index (χ3v) is 6.44. The van der Waals surface area contributed by atoms with E-state index in [4.69, 9.17) is 7.85 Å². The predicted molar refractivity (Wildman–Crippen MR) is 95.0 cm³/mol. The zero-order valence-electron chi connectivity index (χ0n) is 14.5.